The molecule has 2 heteroatoms. The molecule has 0 N–H and O–H groups in total. The normalized spacial score (nSPS) is 10.7. The second kappa shape index (κ2) is 3.40. The average molecular weight is 138 g/mol. The minimum absolute atomic E-state index is 0.715. The van der Waals surface area contributed by atoms with Crippen molar-refractivity contribution < 1.29 is 4.42 Å². The molecule has 0 unspecified atom stereocenters. The van der Waals surface area contributed by atoms with Crippen molar-refractivity contribution in [2.24, 2.45) is 5.92 Å². The van der Waals surface area contributed by atoms with Gasteiger partial charge in [0.15, 0.2) is 5.89 Å². The summed E-state index contributed by atoms with van der Waals surface area (Å²) in [7, 11) is 0. The van der Waals surface area contributed by atoms with Crippen LogP contribution in [0, 0.1) is 12.1 Å². The third-order valence-corrected chi connectivity index (χ3v) is 1.37. The van der Waals surface area contributed by atoms with Crippen molar-refractivity contribution >= 4 is 0 Å². The molecule has 0 aromatic carbocycles. The number of rotatable bonds is 3. The Hall–Kier alpha value is -0.790. The summed E-state index contributed by atoms with van der Waals surface area (Å²) in [4.78, 5) is 3.90. The van der Waals surface area contributed by atoms with E-state index in [0.717, 1.165) is 18.7 Å². The fraction of sp³-hybridized carbons (Fsp3) is 0.625. The molecule has 55 valence electrons. The molecular formula is C8H12NO. The second-order valence-electron chi connectivity index (χ2n) is 2.80. The van der Waals surface area contributed by atoms with Crippen molar-refractivity contribution in [2.45, 2.75) is 26.7 Å². The molecule has 1 rings (SSSR count). The monoisotopic (exact) mass is 138 g/mol. The zero-order valence-electron chi connectivity index (χ0n) is 6.42. The van der Waals surface area contributed by atoms with Crippen LogP contribution in [-0.4, -0.2) is 4.98 Å². The number of oxazole rings is 1. The quantitative estimate of drug-likeness (QED) is 0.639. The van der Waals surface area contributed by atoms with Gasteiger partial charge in [0.1, 0.15) is 12.5 Å². The van der Waals surface area contributed by atoms with Gasteiger partial charge in [0.25, 0.3) is 0 Å². The van der Waals surface area contributed by atoms with E-state index >= 15 is 0 Å². The van der Waals surface area contributed by atoms with Crippen molar-refractivity contribution in [1.82, 2.24) is 4.98 Å². The van der Waals surface area contributed by atoms with Gasteiger partial charge in [0.05, 0.1) is 0 Å². The van der Waals surface area contributed by atoms with Crippen LogP contribution in [0.2, 0.25) is 0 Å². The molecule has 1 aromatic heterocycles. The molecule has 0 atom stereocenters. The van der Waals surface area contributed by atoms with E-state index < -0.39 is 0 Å². The molecule has 10 heavy (non-hydrogen) atoms. The van der Waals surface area contributed by atoms with Gasteiger partial charge in [-0.25, -0.2) is 4.98 Å². The fourth-order valence-electron chi connectivity index (χ4n) is 0.746. The van der Waals surface area contributed by atoms with Gasteiger partial charge in [0.2, 0.25) is 0 Å². The molecule has 2 nitrogen and oxygen atoms in total. The second-order valence-corrected chi connectivity index (χ2v) is 2.80. The zero-order chi connectivity index (χ0) is 7.40. The van der Waals surface area contributed by atoms with Crippen molar-refractivity contribution in [3.05, 3.63) is 18.4 Å². The number of hydrogen-bond donors (Lipinski definition) is 0. The molecule has 0 aliphatic carbocycles. The SMILES string of the molecule is CC(C)CCc1n[c]co1. The van der Waals surface area contributed by atoms with Crippen LogP contribution in [0.3, 0.4) is 0 Å². The smallest absolute Gasteiger partial charge is 0.194 e. The first-order valence-electron chi connectivity index (χ1n) is 3.59. The Kier molecular flexibility index (Phi) is 2.49. The van der Waals surface area contributed by atoms with Gasteiger partial charge in [-0.2, -0.15) is 0 Å². The summed E-state index contributed by atoms with van der Waals surface area (Å²) < 4.78 is 5.02. The summed E-state index contributed by atoms with van der Waals surface area (Å²) >= 11 is 0. The highest BCUT2D eigenvalue weighted by Crippen LogP contribution is 2.05. The highest BCUT2D eigenvalue weighted by molar-refractivity contribution is 4.78. The summed E-state index contributed by atoms with van der Waals surface area (Å²) in [5, 5.41) is 0. The van der Waals surface area contributed by atoms with Crippen molar-refractivity contribution in [2.75, 3.05) is 0 Å². The minimum Gasteiger partial charge on any atom is -0.448 e. The lowest BCUT2D eigenvalue weighted by molar-refractivity contribution is 0.462. The van der Waals surface area contributed by atoms with Crippen LogP contribution >= 0.6 is 0 Å². The Morgan fingerprint density at radius 1 is 1.70 bits per heavy atom. The number of nitrogens with zero attached hydrogens (tertiary/aromatic N) is 1. The third-order valence-electron chi connectivity index (χ3n) is 1.37. The van der Waals surface area contributed by atoms with Crippen LogP contribution < -0.4 is 0 Å². The molecule has 0 spiro atoms. The molecule has 0 aliphatic rings. The van der Waals surface area contributed by atoms with E-state index in [2.05, 4.69) is 25.0 Å². The van der Waals surface area contributed by atoms with E-state index in [1.165, 1.54) is 6.26 Å². The molecule has 1 radical (unpaired) electrons. The maximum absolute atomic E-state index is 5.02. The Morgan fingerprint density at radius 2 is 2.50 bits per heavy atom. The lowest BCUT2D eigenvalue weighted by atomic mass is 10.1. The van der Waals surface area contributed by atoms with Gasteiger partial charge in [0, 0.05) is 6.42 Å². The van der Waals surface area contributed by atoms with E-state index in [4.69, 9.17) is 4.42 Å². The first-order chi connectivity index (χ1) is 4.79. The highest BCUT2D eigenvalue weighted by Gasteiger charge is 1.99. The van der Waals surface area contributed by atoms with E-state index in [1.54, 1.807) is 0 Å². The van der Waals surface area contributed by atoms with E-state index in [9.17, 15) is 0 Å². The maximum Gasteiger partial charge on any atom is 0.194 e. The highest BCUT2D eigenvalue weighted by atomic mass is 16.3. The molecular weight excluding hydrogens is 126 g/mol. The van der Waals surface area contributed by atoms with Crippen LogP contribution in [-0.2, 0) is 6.42 Å². The van der Waals surface area contributed by atoms with E-state index in [1.807, 2.05) is 0 Å². The largest absolute Gasteiger partial charge is 0.448 e. The van der Waals surface area contributed by atoms with E-state index in [-0.39, 0.29) is 0 Å². The van der Waals surface area contributed by atoms with Crippen molar-refractivity contribution in [3.8, 4) is 0 Å². The van der Waals surface area contributed by atoms with E-state index in [0.29, 0.717) is 5.92 Å². The Bertz CT molecular complexity index is 167. The lowest BCUT2D eigenvalue weighted by Gasteiger charge is -1.98. The fourth-order valence-corrected chi connectivity index (χ4v) is 0.746. The van der Waals surface area contributed by atoms with Gasteiger partial charge in [-0.05, 0) is 12.3 Å². The summed E-state index contributed by atoms with van der Waals surface area (Å²) in [6, 6.07) is 0. The average Bonchev–Trinajstić information content (AvgIpc) is 2.34. The van der Waals surface area contributed by atoms with Crippen LogP contribution in [0.5, 0.6) is 0 Å². The lowest BCUT2D eigenvalue weighted by Crippen LogP contribution is -1.91. The van der Waals surface area contributed by atoms with Crippen LogP contribution in [0.25, 0.3) is 0 Å². The Balaban J connectivity index is 2.28. The third kappa shape index (κ3) is 2.21. The summed E-state index contributed by atoms with van der Waals surface area (Å²) in [6.07, 6.45) is 6.20. The number of aromatic nitrogens is 1. The maximum atomic E-state index is 5.02. The number of hydrogen-bond acceptors (Lipinski definition) is 2. The molecule has 0 amide bonds. The topological polar surface area (TPSA) is 26.0 Å². The molecule has 0 bridgehead atoms. The van der Waals surface area contributed by atoms with Crippen molar-refractivity contribution in [1.29, 1.82) is 0 Å². The molecule has 0 saturated heterocycles. The summed E-state index contributed by atoms with van der Waals surface area (Å²) in [5.74, 6) is 1.51. The molecule has 1 aromatic rings. The van der Waals surface area contributed by atoms with Crippen LogP contribution in [0.4, 0.5) is 0 Å². The first kappa shape index (κ1) is 7.32. The minimum atomic E-state index is 0.715. The van der Waals surface area contributed by atoms with Crippen LogP contribution in [0.15, 0.2) is 10.7 Å². The Morgan fingerprint density at radius 3 is 3.00 bits per heavy atom. The predicted molar refractivity (Wildman–Crippen MR) is 38.5 cm³/mol. The molecule has 0 aliphatic heterocycles. The van der Waals surface area contributed by atoms with Crippen molar-refractivity contribution in [3.63, 3.8) is 0 Å². The molecule has 0 saturated carbocycles. The zero-order valence-corrected chi connectivity index (χ0v) is 6.42. The summed E-state index contributed by atoms with van der Waals surface area (Å²) in [6.45, 7) is 4.37. The van der Waals surface area contributed by atoms with Gasteiger partial charge >= 0.3 is 0 Å². The van der Waals surface area contributed by atoms with Gasteiger partial charge in [-0.1, -0.05) is 13.8 Å². The standard InChI is InChI=1S/C8H12NO/c1-7(2)3-4-8-9-5-6-10-8/h6-7H,3-4H2,1-2H3. The van der Waals surface area contributed by atoms with Gasteiger partial charge < -0.3 is 4.42 Å². The first-order valence-corrected chi connectivity index (χ1v) is 3.59. The summed E-state index contributed by atoms with van der Waals surface area (Å²) in [5.41, 5.74) is 0. The Labute approximate surface area is 61.3 Å². The molecule has 0 fully saturated rings. The van der Waals surface area contributed by atoms with Gasteiger partial charge in [-0.3, -0.25) is 0 Å². The predicted octanol–water partition coefficient (Wildman–Crippen LogP) is 2.06. The molecule has 1 heterocycles. The number of aryl methyl sites for hydroxylation is 1. The van der Waals surface area contributed by atoms with Crippen LogP contribution in [0.1, 0.15) is 26.2 Å². The van der Waals surface area contributed by atoms with Gasteiger partial charge in [-0.15, -0.1) is 0 Å².